The summed E-state index contributed by atoms with van der Waals surface area (Å²) < 4.78 is 26.8. The number of hydrogen-bond donors (Lipinski definition) is 3. The van der Waals surface area contributed by atoms with Crippen LogP contribution in [0.1, 0.15) is 0 Å². The molecule has 0 spiro atoms. The van der Waals surface area contributed by atoms with Crippen LogP contribution in [0, 0.1) is 21.7 Å². The molecule has 1 rings (SSSR count). The molecule has 1 amide bonds. The van der Waals surface area contributed by atoms with Gasteiger partial charge < -0.3 is 15.7 Å². The van der Waals surface area contributed by atoms with Gasteiger partial charge in [0.25, 0.3) is 5.69 Å². The third-order valence-electron chi connectivity index (χ3n) is 2.10. The number of benzene rings is 1. The largest absolute Gasteiger partial charge is 0.480 e. The molecule has 0 aliphatic carbocycles. The summed E-state index contributed by atoms with van der Waals surface area (Å²) in [6.45, 7) is -1.22. The van der Waals surface area contributed by atoms with E-state index in [4.69, 9.17) is 5.11 Å². The fourth-order valence-corrected chi connectivity index (χ4v) is 1.24. The fraction of sp³-hybridized carbons (Fsp3) is 0.200. The van der Waals surface area contributed by atoms with E-state index < -0.39 is 52.9 Å². The number of rotatable bonds is 6. The van der Waals surface area contributed by atoms with Gasteiger partial charge in [-0.05, 0) is 0 Å². The molecule has 0 saturated carbocycles. The van der Waals surface area contributed by atoms with E-state index in [2.05, 4.69) is 5.32 Å². The highest BCUT2D eigenvalue weighted by Crippen LogP contribution is 2.24. The van der Waals surface area contributed by atoms with Gasteiger partial charge in [-0.2, -0.15) is 0 Å². The zero-order chi connectivity index (χ0) is 15.3. The van der Waals surface area contributed by atoms with Crippen LogP contribution < -0.4 is 10.6 Å². The highest BCUT2D eigenvalue weighted by Gasteiger charge is 2.17. The number of carbonyl (C=O) groups excluding carboxylic acids is 1. The third kappa shape index (κ3) is 4.15. The summed E-state index contributed by atoms with van der Waals surface area (Å²) in [5.41, 5.74) is -1.47. The number of nitrogens with one attached hydrogen (secondary N) is 2. The Morgan fingerprint density at radius 1 is 1.25 bits per heavy atom. The van der Waals surface area contributed by atoms with E-state index in [0.717, 1.165) is 0 Å². The maximum atomic E-state index is 13.4. The highest BCUT2D eigenvalue weighted by atomic mass is 19.1. The quantitative estimate of drug-likeness (QED) is 0.517. The third-order valence-corrected chi connectivity index (χ3v) is 2.10. The van der Waals surface area contributed by atoms with Crippen molar-refractivity contribution < 1.29 is 28.4 Å². The van der Waals surface area contributed by atoms with Gasteiger partial charge in [0.1, 0.15) is 12.2 Å². The summed E-state index contributed by atoms with van der Waals surface area (Å²) in [6.07, 6.45) is 0. The lowest BCUT2D eigenvalue weighted by Crippen LogP contribution is -2.34. The Hall–Kier alpha value is -2.78. The molecule has 0 atom stereocenters. The average molecular weight is 289 g/mol. The molecule has 0 heterocycles. The van der Waals surface area contributed by atoms with Crippen LogP contribution in [-0.4, -0.2) is 35.0 Å². The van der Waals surface area contributed by atoms with Gasteiger partial charge >= 0.3 is 5.97 Å². The Kier molecular flexibility index (Phi) is 4.89. The number of aliphatic carboxylic acids is 1. The molecule has 0 fully saturated rings. The molecule has 3 N–H and O–H groups in total. The van der Waals surface area contributed by atoms with Crippen LogP contribution in [0.3, 0.4) is 0 Å². The first-order valence-electron chi connectivity index (χ1n) is 5.17. The standard InChI is InChI=1S/C10H9F2N3O5/c11-6-1-5(15(19)20)2-7(12)10(6)14-3-8(16)13-4-9(17)18/h1-2,14H,3-4H2,(H,13,16)(H,17,18). The van der Waals surface area contributed by atoms with Crippen molar-refractivity contribution in [3.05, 3.63) is 33.9 Å². The smallest absolute Gasteiger partial charge is 0.322 e. The van der Waals surface area contributed by atoms with Gasteiger partial charge in [-0.15, -0.1) is 0 Å². The second-order valence-electron chi connectivity index (χ2n) is 3.57. The maximum Gasteiger partial charge on any atom is 0.322 e. The number of nitrogens with zero attached hydrogens (tertiary/aromatic N) is 1. The van der Waals surface area contributed by atoms with Crippen LogP contribution in [-0.2, 0) is 9.59 Å². The Morgan fingerprint density at radius 3 is 2.25 bits per heavy atom. The molecule has 0 radical (unpaired) electrons. The van der Waals surface area contributed by atoms with E-state index in [-0.39, 0.29) is 0 Å². The second-order valence-corrected chi connectivity index (χ2v) is 3.57. The Balaban J connectivity index is 2.71. The van der Waals surface area contributed by atoms with Crippen molar-refractivity contribution in [3.63, 3.8) is 0 Å². The van der Waals surface area contributed by atoms with Crippen molar-refractivity contribution in [2.75, 3.05) is 18.4 Å². The molecule has 8 nitrogen and oxygen atoms in total. The van der Waals surface area contributed by atoms with Gasteiger partial charge in [0.05, 0.1) is 23.6 Å². The lowest BCUT2D eigenvalue weighted by molar-refractivity contribution is -0.385. The van der Waals surface area contributed by atoms with Crippen molar-refractivity contribution in [3.8, 4) is 0 Å². The molecule has 0 aliphatic heterocycles. The zero-order valence-electron chi connectivity index (χ0n) is 9.85. The molecule has 0 bridgehead atoms. The van der Waals surface area contributed by atoms with E-state index in [0.29, 0.717) is 12.1 Å². The Morgan fingerprint density at radius 2 is 1.80 bits per heavy atom. The van der Waals surface area contributed by atoms with E-state index >= 15 is 0 Å². The van der Waals surface area contributed by atoms with Gasteiger partial charge in [-0.1, -0.05) is 0 Å². The van der Waals surface area contributed by atoms with Crippen LogP contribution in [0.15, 0.2) is 12.1 Å². The van der Waals surface area contributed by atoms with Crippen LogP contribution in [0.2, 0.25) is 0 Å². The predicted molar refractivity (Wildman–Crippen MR) is 62.1 cm³/mol. The number of anilines is 1. The molecule has 0 aliphatic rings. The van der Waals surface area contributed by atoms with Gasteiger partial charge in [-0.3, -0.25) is 19.7 Å². The molecule has 1 aromatic rings. The number of nitro groups is 1. The van der Waals surface area contributed by atoms with Crippen LogP contribution >= 0.6 is 0 Å². The van der Waals surface area contributed by atoms with E-state index in [1.54, 1.807) is 0 Å². The molecule has 0 unspecified atom stereocenters. The highest BCUT2D eigenvalue weighted by molar-refractivity contribution is 5.84. The molecule has 108 valence electrons. The number of non-ortho nitro benzene ring substituents is 1. The summed E-state index contributed by atoms with van der Waals surface area (Å²) in [7, 11) is 0. The van der Waals surface area contributed by atoms with Crippen molar-refractivity contribution in [1.29, 1.82) is 0 Å². The van der Waals surface area contributed by atoms with Crippen LogP contribution in [0.25, 0.3) is 0 Å². The molecule has 1 aromatic carbocycles. The van der Waals surface area contributed by atoms with E-state index in [9.17, 15) is 28.5 Å². The van der Waals surface area contributed by atoms with E-state index in [1.165, 1.54) is 0 Å². The summed E-state index contributed by atoms with van der Waals surface area (Å²) in [6, 6.07) is 1.00. The number of amides is 1. The Labute approximate surface area is 110 Å². The van der Waals surface area contributed by atoms with Gasteiger partial charge in [0.15, 0.2) is 11.6 Å². The first kappa shape index (κ1) is 15.3. The minimum absolute atomic E-state index is 0.501. The number of nitro benzene ring substituents is 1. The molecule has 10 heteroatoms. The van der Waals surface area contributed by atoms with Crippen LogP contribution in [0.4, 0.5) is 20.2 Å². The summed E-state index contributed by atoms with van der Waals surface area (Å²) >= 11 is 0. The maximum absolute atomic E-state index is 13.4. The van der Waals surface area contributed by atoms with Crippen molar-refractivity contribution in [2.24, 2.45) is 0 Å². The molecular weight excluding hydrogens is 280 g/mol. The minimum Gasteiger partial charge on any atom is -0.480 e. The summed E-state index contributed by atoms with van der Waals surface area (Å²) in [5, 5.41) is 22.7. The zero-order valence-corrected chi connectivity index (χ0v) is 9.85. The summed E-state index contributed by atoms with van der Waals surface area (Å²) in [5.74, 6) is -4.54. The average Bonchev–Trinajstić information content (AvgIpc) is 2.34. The number of carboxylic acids is 1. The summed E-state index contributed by atoms with van der Waals surface area (Å²) in [4.78, 5) is 30.7. The van der Waals surface area contributed by atoms with Crippen molar-refractivity contribution in [1.82, 2.24) is 5.32 Å². The number of halogens is 2. The first-order valence-corrected chi connectivity index (χ1v) is 5.17. The number of hydrogen-bond acceptors (Lipinski definition) is 5. The topological polar surface area (TPSA) is 122 Å². The van der Waals surface area contributed by atoms with E-state index in [1.807, 2.05) is 5.32 Å². The molecule has 0 saturated heterocycles. The SMILES string of the molecule is O=C(O)CNC(=O)CNc1c(F)cc([N+](=O)[O-])cc1F. The monoisotopic (exact) mass is 289 g/mol. The van der Waals surface area contributed by atoms with Crippen molar-refractivity contribution >= 4 is 23.3 Å². The van der Waals surface area contributed by atoms with Crippen molar-refractivity contribution in [2.45, 2.75) is 0 Å². The normalized spacial score (nSPS) is 9.90. The predicted octanol–water partition coefficient (Wildman–Crippen LogP) is 0.486. The van der Waals surface area contributed by atoms with Crippen LogP contribution in [0.5, 0.6) is 0 Å². The molecule has 20 heavy (non-hydrogen) atoms. The first-order chi connectivity index (χ1) is 9.31. The lowest BCUT2D eigenvalue weighted by atomic mass is 10.2. The minimum atomic E-state index is -1.27. The van der Waals surface area contributed by atoms with Gasteiger partial charge in [0, 0.05) is 0 Å². The number of carboxylic acid groups (broad SMARTS) is 1. The fourth-order valence-electron chi connectivity index (χ4n) is 1.24. The molecular formula is C10H9F2N3O5. The van der Waals surface area contributed by atoms with Gasteiger partial charge in [-0.25, -0.2) is 8.78 Å². The second kappa shape index (κ2) is 6.41. The number of carbonyl (C=O) groups is 2. The Bertz CT molecular complexity index is 541. The molecule has 0 aromatic heterocycles. The van der Waals surface area contributed by atoms with Gasteiger partial charge in [0.2, 0.25) is 5.91 Å². The lowest BCUT2D eigenvalue weighted by Gasteiger charge is -2.08.